The van der Waals surface area contributed by atoms with Crippen molar-refractivity contribution >= 4 is 17.5 Å². The Balaban J connectivity index is 1.49. The van der Waals surface area contributed by atoms with Gasteiger partial charge in [-0.2, -0.15) is 5.10 Å². The summed E-state index contributed by atoms with van der Waals surface area (Å²) in [6, 6.07) is 9.67. The summed E-state index contributed by atoms with van der Waals surface area (Å²) in [5.41, 5.74) is 0.898. The second-order valence-electron chi connectivity index (χ2n) is 5.71. The van der Waals surface area contributed by atoms with Gasteiger partial charge in [-0.25, -0.2) is 0 Å². The number of carbonyl (C=O) groups excluding carboxylic acids is 1. The van der Waals surface area contributed by atoms with Gasteiger partial charge in [-0.3, -0.25) is 9.48 Å². The van der Waals surface area contributed by atoms with Crippen LogP contribution >= 0.6 is 11.6 Å². The van der Waals surface area contributed by atoms with E-state index in [2.05, 4.69) is 5.10 Å². The van der Waals surface area contributed by atoms with E-state index in [1.807, 2.05) is 46.1 Å². The molecule has 5 nitrogen and oxygen atoms in total. The number of amides is 1. The molecule has 0 unspecified atom stereocenters. The summed E-state index contributed by atoms with van der Waals surface area (Å²) in [7, 11) is 0. The predicted octanol–water partition coefficient (Wildman–Crippen LogP) is 2.92. The molecule has 1 fully saturated rings. The molecule has 0 spiro atoms. The molecule has 1 aromatic heterocycles. The van der Waals surface area contributed by atoms with Crippen molar-refractivity contribution in [3.8, 4) is 0 Å². The Morgan fingerprint density at radius 2 is 2.22 bits per heavy atom. The number of aromatic nitrogens is 2. The first-order chi connectivity index (χ1) is 11.2. The minimum atomic E-state index is 0.0221. The van der Waals surface area contributed by atoms with Crippen molar-refractivity contribution in [2.75, 3.05) is 19.7 Å². The highest BCUT2D eigenvalue weighted by Crippen LogP contribution is 2.21. The maximum atomic E-state index is 12.3. The lowest BCUT2D eigenvalue weighted by atomic mass is 10.1. The van der Waals surface area contributed by atoms with Crippen LogP contribution in [0.1, 0.15) is 24.4 Å². The van der Waals surface area contributed by atoms with Gasteiger partial charge in [0.15, 0.2) is 0 Å². The van der Waals surface area contributed by atoms with E-state index in [1.165, 1.54) is 0 Å². The van der Waals surface area contributed by atoms with Crippen LogP contribution in [0.3, 0.4) is 0 Å². The highest BCUT2D eigenvalue weighted by molar-refractivity contribution is 6.31. The topological polar surface area (TPSA) is 47.4 Å². The molecule has 0 saturated carbocycles. The predicted molar refractivity (Wildman–Crippen MR) is 88.2 cm³/mol. The van der Waals surface area contributed by atoms with E-state index in [-0.39, 0.29) is 18.6 Å². The molecule has 122 valence electrons. The SMILES string of the molecule is O=C(COCc1ccccc1Cl)N1CCC[C@@H](n2cccn2)C1. The number of halogens is 1. The monoisotopic (exact) mass is 333 g/mol. The lowest BCUT2D eigenvalue weighted by molar-refractivity contribution is -0.138. The molecule has 1 aromatic carbocycles. The van der Waals surface area contributed by atoms with E-state index in [0.29, 0.717) is 18.2 Å². The van der Waals surface area contributed by atoms with Gasteiger partial charge >= 0.3 is 0 Å². The quantitative estimate of drug-likeness (QED) is 0.845. The minimum absolute atomic E-state index is 0.0221. The third kappa shape index (κ3) is 4.12. The zero-order valence-electron chi connectivity index (χ0n) is 12.9. The molecule has 1 atom stereocenters. The standard InChI is InChI=1S/C17H20ClN3O2/c18-16-7-2-1-5-14(16)12-23-13-17(22)20-9-3-6-15(11-20)21-10-4-8-19-21/h1-2,4-5,7-8,10,15H,3,6,9,11-13H2/t15-/m1/s1. The third-order valence-corrected chi connectivity index (χ3v) is 4.46. The first kappa shape index (κ1) is 16.0. The number of likely N-dealkylation sites (tertiary alicyclic amines) is 1. The number of benzene rings is 1. The lowest BCUT2D eigenvalue weighted by Gasteiger charge is -2.32. The average molecular weight is 334 g/mol. The zero-order valence-corrected chi connectivity index (χ0v) is 13.7. The smallest absolute Gasteiger partial charge is 0.248 e. The van der Waals surface area contributed by atoms with Crippen LogP contribution in [0, 0.1) is 0 Å². The van der Waals surface area contributed by atoms with E-state index in [4.69, 9.17) is 16.3 Å². The van der Waals surface area contributed by atoms with E-state index in [0.717, 1.165) is 24.9 Å². The Labute approximate surface area is 140 Å². The number of piperidine rings is 1. The molecule has 23 heavy (non-hydrogen) atoms. The van der Waals surface area contributed by atoms with Crippen molar-refractivity contribution in [3.63, 3.8) is 0 Å². The zero-order chi connectivity index (χ0) is 16.1. The Hall–Kier alpha value is -1.85. The summed E-state index contributed by atoms with van der Waals surface area (Å²) in [4.78, 5) is 14.2. The number of nitrogens with zero attached hydrogens (tertiary/aromatic N) is 3. The van der Waals surface area contributed by atoms with Gasteiger partial charge < -0.3 is 9.64 Å². The molecule has 1 aliphatic rings. The van der Waals surface area contributed by atoms with E-state index in [9.17, 15) is 4.79 Å². The molecule has 0 N–H and O–H groups in total. The molecule has 0 bridgehead atoms. The van der Waals surface area contributed by atoms with Gasteiger partial charge in [0.1, 0.15) is 6.61 Å². The number of hydrogen-bond acceptors (Lipinski definition) is 3. The first-order valence-corrected chi connectivity index (χ1v) is 8.20. The van der Waals surface area contributed by atoms with Gasteiger partial charge in [-0.05, 0) is 30.5 Å². The van der Waals surface area contributed by atoms with Crippen LogP contribution < -0.4 is 0 Å². The molecule has 1 saturated heterocycles. The van der Waals surface area contributed by atoms with Crippen molar-refractivity contribution in [2.45, 2.75) is 25.5 Å². The van der Waals surface area contributed by atoms with Gasteiger partial charge in [-0.1, -0.05) is 29.8 Å². The second-order valence-corrected chi connectivity index (χ2v) is 6.11. The Bertz CT molecular complexity index is 645. The van der Waals surface area contributed by atoms with Crippen molar-refractivity contribution in [1.29, 1.82) is 0 Å². The number of carbonyl (C=O) groups is 1. The van der Waals surface area contributed by atoms with Crippen LogP contribution in [0.15, 0.2) is 42.7 Å². The average Bonchev–Trinajstić information content (AvgIpc) is 3.11. The van der Waals surface area contributed by atoms with Gasteiger partial charge in [0.05, 0.1) is 12.6 Å². The van der Waals surface area contributed by atoms with Crippen molar-refractivity contribution in [1.82, 2.24) is 14.7 Å². The summed E-state index contributed by atoms with van der Waals surface area (Å²) < 4.78 is 7.48. The molecule has 0 aliphatic carbocycles. The van der Waals surface area contributed by atoms with Crippen molar-refractivity contribution in [3.05, 3.63) is 53.3 Å². The number of ether oxygens (including phenoxy) is 1. The second kappa shape index (κ2) is 7.62. The lowest BCUT2D eigenvalue weighted by Crippen LogP contribution is -2.42. The summed E-state index contributed by atoms with van der Waals surface area (Å²) in [5.74, 6) is 0.0221. The fourth-order valence-electron chi connectivity index (χ4n) is 2.85. The molecular formula is C17H20ClN3O2. The fourth-order valence-corrected chi connectivity index (χ4v) is 3.04. The summed E-state index contributed by atoms with van der Waals surface area (Å²) in [6.45, 7) is 1.90. The molecule has 6 heteroatoms. The van der Waals surface area contributed by atoms with Gasteiger partial charge in [0.25, 0.3) is 0 Å². The van der Waals surface area contributed by atoms with Crippen LogP contribution in [0.25, 0.3) is 0 Å². The van der Waals surface area contributed by atoms with Gasteiger partial charge in [0, 0.05) is 30.5 Å². The van der Waals surface area contributed by atoms with Crippen LogP contribution in [0.5, 0.6) is 0 Å². The Morgan fingerprint density at radius 3 is 3.00 bits per heavy atom. The van der Waals surface area contributed by atoms with E-state index >= 15 is 0 Å². The molecule has 2 aromatic rings. The van der Waals surface area contributed by atoms with Crippen LogP contribution in [-0.4, -0.2) is 40.3 Å². The van der Waals surface area contributed by atoms with Gasteiger partial charge in [-0.15, -0.1) is 0 Å². The number of hydrogen-bond donors (Lipinski definition) is 0. The third-order valence-electron chi connectivity index (χ3n) is 4.09. The molecule has 0 radical (unpaired) electrons. The fraction of sp³-hybridized carbons (Fsp3) is 0.412. The van der Waals surface area contributed by atoms with Crippen LogP contribution in [0.4, 0.5) is 0 Å². The highest BCUT2D eigenvalue weighted by Gasteiger charge is 2.24. The minimum Gasteiger partial charge on any atom is -0.367 e. The van der Waals surface area contributed by atoms with Gasteiger partial charge in [0.2, 0.25) is 5.91 Å². The largest absolute Gasteiger partial charge is 0.367 e. The molecule has 1 amide bonds. The van der Waals surface area contributed by atoms with Crippen LogP contribution in [-0.2, 0) is 16.1 Å². The summed E-state index contributed by atoms with van der Waals surface area (Å²) in [6.07, 6.45) is 5.76. The summed E-state index contributed by atoms with van der Waals surface area (Å²) in [5, 5.41) is 4.94. The van der Waals surface area contributed by atoms with Crippen LogP contribution in [0.2, 0.25) is 5.02 Å². The normalized spacial score (nSPS) is 18.1. The molecule has 3 rings (SSSR count). The Morgan fingerprint density at radius 1 is 1.35 bits per heavy atom. The van der Waals surface area contributed by atoms with Crippen molar-refractivity contribution < 1.29 is 9.53 Å². The Kier molecular flexibility index (Phi) is 5.31. The van der Waals surface area contributed by atoms with Crippen molar-refractivity contribution in [2.24, 2.45) is 0 Å². The van der Waals surface area contributed by atoms with E-state index in [1.54, 1.807) is 6.20 Å². The highest BCUT2D eigenvalue weighted by atomic mass is 35.5. The molecule has 2 heterocycles. The number of rotatable bonds is 5. The maximum absolute atomic E-state index is 12.3. The summed E-state index contributed by atoms with van der Waals surface area (Å²) >= 11 is 6.08. The molecular weight excluding hydrogens is 314 g/mol. The maximum Gasteiger partial charge on any atom is 0.248 e. The first-order valence-electron chi connectivity index (χ1n) is 7.82. The van der Waals surface area contributed by atoms with E-state index < -0.39 is 0 Å². The molecule has 1 aliphatic heterocycles.